The number of carbonyl (C=O) groups excluding carboxylic acids is 2. The molecule has 0 aliphatic carbocycles. The first kappa shape index (κ1) is 27.8. The molecule has 3 aromatic carbocycles. The Balaban J connectivity index is 1.42. The highest BCUT2D eigenvalue weighted by molar-refractivity contribution is 6.02. The van der Waals surface area contributed by atoms with Gasteiger partial charge in [0, 0.05) is 31.9 Å². The SMILES string of the molecule is COc1ccccc1N1CCN(C(=O)[C@H](CO)NC(=O)c2ccccc2Nc2cccc(C(F)(F)F)c2)CC1. The predicted molar refractivity (Wildman–Crippen MR) is 141 cm³/mol. The van der Waals surface area contributed by atoms with E-state index in [-0.39, 0.29) is 16.9 Å². The predicted octanol–water partition coefficient (Wildman–Crippen LogP) is 3.90. The number of hydrogen-bond acceptors (Lipinski definition) is 6. The number of amides is 2. The van der Waals surface area contributed by atoms with Crippen molar-refractivity contribution in [2.24, 2.45) is 0 Å². The largest absolute Gasteiger partial charge is 0.495 e. The molecule has 1 heterocycles. The Morgan fingerprint density at radius 1 is 0.974 bits per heavy atom. The number of nitrogens with zero attached hydrogens (tertiary/aromatic N) is 2. The fourth-order valence-corrected chi connectivity index (χ4v) is 4.42. The number of anilines is 3. The molecule has 3 N–H and O–H groups in total. The van der Waals surface area contributed by atoms with Crippen LogP contribution >= 0.6 is 0 Å². The molecule has 39 heavy (non-hydrogen) atoms. The highest BCUT2D eigenvalue weighted by atomic mass is 19.4. The van der Waals surface area contributed by atoms with Crippen molar-refractivity contribution in [1.29, 1.82) is 0 Å². The summed E-state index contributed by atoms with van der Waals surface area (Å²) in [6.45, 7) is 1.25. The van der Waals surface area contributed by atoms with Gasteiger partial charge in [0.2, 0.25) is 5.91 Å². The van der Waals surface area contributed by atoms with Gasteiger partial charge in [-0.05, 0) is 42.5 Å². The molecule has 0 aromatic heterocycles. The number of hydrogen-bond donors (Lipinski definition) is 3. The molecule has 0 saturated carbocycles. The van der Waals surface area contributed by atoms with Crippen LogP contribution < -0.4 is 20.3 Å². The zero-order valence-electron chi connectivity index (χ0n) is 21.2. The summed E-state index contributed by atoms with van der Waals surface area (Å²) >= 11 is 0. The molecule has 0 spiro atoms. The van der Waals surface area contributed by atoms with E-state index >= 15 is 0 Å². The highest BCUT2D eigenvalue weighted by Crippen LogP contribution is 2.32. The standard InChI is InChI=1S/C28H29F3N4O4/c1-39-25-12-5-4-11-24(25)34-13-15-35(16-14-34)27(38)23(18-36)33-26(37)21-9-2-3-10-22(21)32-20-8-6-7-19(17-20)28(29,30)31/h2-12,17,23,32,36H,13-16,18H2,1H3,(H,33,37)/t23-/m0/s1. The van der Waals surface area contributed by atoms with E-state index in [2.05, 4.69) is 15.5 Å². The van der Waals surface area contributed by atoms with Crippen LogP contribution in [-0.2, 0) is 11.0 Å². The van der Waals surface area contributed by atoms with E-state index < -0.39 is 36.2 Å². The number of carbonyl (C=O) groups is 2. The summed E-state index contributed by atoms with van der Waals surface area (Å²) in [6, 6.07) is 17.3. The zero-order valence-corrected chi connectivity index (χ0v) is 21.2. The van der Waals surface area contributed by atoms with E-state index in [0.717, 1.165) is 23.6 Å². The Labute approximate surface area is 224 Å². The van der Waals surface area contributed by atoms with Crippen molar-refractivity contribution < 1.29 is 32.6 Å². The Morgan fingerprint density at radius 3 is 2.36 bits per heavy atom. The molecule has 1 atom stereocenters. The quantitative estimate of drug-likeness (QED) is 0.400. The maximum Gasteiger partial charge on any atom is 0.416 e. The van der Waals surface area contributed by atoms with E-state index in [9.17, 15) is 27.9 Å². The lowest BCUT2D eigenvalue weighted by Crippen LogP contribution is -2.56. The summed E-state index contributed by atoms with van der Waals surface area (Å²) in [5, 5.41) is 15.3. The number of aliphatic hydroxyl groups is 1. The van der Waals surface area contributed by atoms with Crippen molar-refractivity contribution in [3.63, 3.8) is 0 Å². The van der Waals surface area contributed by atoms with Crippen LogP contribution in [-0.4, -0.2) is 67.8 Å². The number of nitrogens with one attached hydrogen (secondary N) is 2. The lowest BCUT2D eigenvalue weighted by atomic mass is 10.1. The minimum absolute atomic E-state index is 0.113. The topological polar surface area (TPSA) is 94.1 Å². The monoisotopic (exact) mass is 542 g/mol. The Bertz CT molecular complexity index is 1310. The van der Waals surface area contributed by atoms with E-state index in [1.807, 2.05) is 24.3 Å². The molecular formula is C28H29F3N4O4. The minimum Gasteiger partial charge on any atom is -0.495 e. The van der Waals surface area contributed by atoms with Gasteiger partial charge in [-0.1, -0.05) is 30.3 Å². The fourth-order valence-electron chi connectivity index (χ4n) is 4.42. The number of para-hydroxylation sites is 3. The minimum atomic E-state index is -4.51. The first-order valence-electron chi connectivity index (χ1n) is 12.3. The molecule has 4 rings (SSSR count). The van der Waals surface area contributed by atoms with Gasteiger partial charge in [-0.25, -0.2) is 0 Å². The van der Waals surface area contributed by atoms with Gasteiger partial charge in [-0.3, -0.25) is 9.59 Å². The van der Waals surface area contributed by atoms with Crippen LogP contribution in [0.1, 0.15) is 15.9 Å². The molecule has 0 unspecified atom stereocenters. The molecule has 2 amide bonds. The molecule has 1 aliphatic rings. The van der Waals surface area contributed by atoms with Crippen molar-refractivity contribution in [2.75, 3.05) is 50.1 Å². The summed E-state index contributed by atoms with van der Waals surface area (Å²) in [6.07, 6.45) is -4.51. The summed E-state index contributed by atoms with van der Waals surface area (Å²) in [4.78, 5) is 30.0. The smallest absolute Gasteiger partial charge is 0.416 e. The van der Waals surface area contributed by atoms with Gasteiger partial charge in [-0.15, -0.1) is 0 Å². The molecule has 1 aliphatic heterocycles. The molecule has 11 heteroatoms. The normalized spacial score (nSPS) is 14.5. The van der Waals surface area contributed by atoms with Gasteiger partial charge in [0.15, 0.2) is 0 Å². The molecular weight excluding hydrogens is 513 g/mol. The maximum absolute atomic E-state index is 13.2. The average Bonchev–Trinajstić information content (AvgIpc) is 2.95. The van der Waals surface area contributed by atoms with Crippen molar-refractivity contribution >= 4 is 28.9 Å². The maximum atomic E-state index is 13.2. The number of piperazine rings is 1. The van der Waals surface area contributed by atoms with Crippen molar-refractivity contribution in [2.45, 2.75) is 12.2 Å². The van der Waals surface area contributed by atoms with Gasteiger partial charge < -0.3 is 30.3 Å². The second-order valence-electron chi connectivity index (χ2n) is 8.94. The zero-order chi connectivity index (χ0) is 28.0. The number of methoxy groups -OCH3 is 1. The van der Waals surface area contributed by atoms with Gasteiger partial charge >= 0.3 is 6.18 Å². The van der Waals surface area contributed by atoms with E-state index in [1.54, 1.807) is 30.2 Å². The number of benzene rings is 3. The van der Waals surface area contributed by atoms with Crippen LogP contribution in [0.3, 0.4) is 0 Å². The molecule has 1 fully saturated rings. The Morgan fingerprint density at radius 2 is 1.67 bits per heavy atom. The van der Waals surface area contributed by atoms with Crippen molar-refractivity contribution in [3.8, 4) is 5.75 Å². The molecule has 8 nitrogen and oxygen atoms in total. The third-order valence-electron chi connectivity index (χ3n) is 6.44. The van der Waals surface area contributed by atoms with E-state index in [1.165, 1.54) is 18.2 Å². The van der Waals surface area contributed by atoms with Crippen LogP contribution in [0.4, 0.5) is 30.2 Å². The van der Waals surface area contributed by atoms with E-state index in [0.29, 0.717) is 26.2 Å². The van der Waals surface area contributed by atoms with Crippen LogP contribution in [0.2, 0.25) is 0 Å². The summed E-state index contributed by atoms with van der Waals surface area (Å²) in [7, 11) is 1.60. The van der Waals surface area contributed by atoms with E-state index in [4.69, 9.17) is 4.74 Å². The van der Waals surface area contributed by atoms with Gasteiger partial charge in [-0.2, -0.15) is 13.2 Å². The number of halogens is 3. The Hall–Kier alpha value is -4.25. The molecule has 3 aromatic rings. The van der Waals surface area contributed by atoms with Gasteiger partial charge in [0.05, 0.1) is 36.2 Å². The second kappa shape index (κ2) is 12.1. The van der Waals surface area contributed by atoms with Crippen LogP contribution in [0.5, 0.6) is 5.75 Å². The third kappa shape index (κ3) is 6.61. The second-order valence-corrected chi connectivity index (χ2v) is 8.94. The van der Waals surface area contributed by atoms with Gasteiger partial charge in [0.25, 0.3) is 5.91 Å². The average molecular weight is 543 g/mol. The number of ether oxygens (including phenoxy) is 1. The summed E-state index contributed by atoms with van der Waals surface area (Å²) in [5.41, 5.74) is 0.606. The summed E-state index contributed by atoms with van der Waals surface area (Å²) in [5.74, 6) is -0.339. The van der Waals surface area contributed by atoms with Crippen molar-refractivity contribution in [3.05, 3.63) is 83.9 Å². The molecule has 1 saturated heterocycles. The van der Waals surface area contributed by atoms with Crippen LogP contribution in [0.15, 0.2) is 72.8 Å². The molecule has 0 radical (unpaired) electrons. The molecule has 0 bridgehead atoms. The highest BCUT2D eigenvalue weighted by Gasteiger charge is 2.31. The number of alkyl halides is 3. The van der Waals surface area contributed by atoms with Crippen LogP contribution in [0, 0.1) is 0 Å². The number of rotatable bonds is 8. The first-order valence-corrected chi connectivity index (χ1v) is 12.3. The van der Waals surface area contributed by atoms with Crippen molar-refractivity contribution in [1.82, 2.24) is 10.2 Å². The summed E-state index contributed by atoms with van der Waals surface area (Å²) < 4.78 is 44.7. The van der Waals surface area contributed by atoms with Crippen LogP contribution in [0.25, 0.3) is 0 Å². The molecule has 206 valence electrons. The van der Waals surface area contributed by atoms with Gasteiger partial charge in [0.1, 0.15) is 11.8 Å². The first-order chi connectivity index (χ1) is 18.7. The number of aliphatic hydroxyl groups excluding tert-OH is 1. The third-order valence-corrected chi connectivity index (χ3v) is 6.44. The fraction of sp³-hybridized carbons (Fsp3) is 0.286. The Kier molecular flexibility index (Phi) is 8.60. The lowest BCUT2D eigenvalue weighted by Gasteiger charge is -2.37. The lowest BCUT2D eigenvalue weighted by molar-refractivity contribution is -0.137.